The summed E-state index contributed by atoms with van der Waals surface area (Å²) in [6.45, 7) is 1.58. The van der Waals surface area contributed by atoms with Crippen molar-refractivity contribution in [2.24, 2.45) is 5.92 Å². The van der Waals surface area contributed by atoms with E-state index in [9.17, 15) is 0 Å². The molecule has 0 aromatic heterocycles. The molecule has 4 heteroatoms. The molecule has 2 rings (SSSR count). The van der Waals surface area contributed by atoms with Crippen LogP contribution in [0, 0.1) is 17.2 Å². The lowest BCUT2D eigenvalue weighted by Gasteiger charge is -2.13. The molecule has 78 valence electrons. The molecular formula is C11H10Cl2N2. The summed E-state index contributed by atoms with van der Waals surface area (Å²) in [4.78, 5) is 0. The zero-order valence-corrected chi connectivity index (χ0v) is 9.52. The third-order valence-corrected chi connectivity index (χ3v) is 3.49. The third-order valence-electron chi connectivity index (χ3n) is 2.75. The molecule has 0 amide bonds. The number of halogens is 2. The quantitative estimate of drug-likeness (QED) is 0.820. The van der Waals surface area contributed by atoms with Crippen molar-refractivity contribution in [2.45, 2.75) is 5.92 Å². The summed E-state index contributed by atoms with van der Waals surface area (Å²) in [6, 6.07) is 7.89. The molecule has 1 heterocycles. The van der Waals surface area contributed by atoms with Gasteiger partial charge in [0.15, 0.2) is 0 Å². The maximum absolute atomic E-state index is 8.97. The Balaban J connectivity index is 2.30. The minimum atomic E-state index is 0.0299. The highest BCUT2D eigenvalue weighted by molar-refractivity contribution is 6.42. The first-order chi connectivity index (χ1) is 7.22. The summed E-state index contributed by atoms with van der Waals surface area (Å²) in [7, 11) is 0. The molecule has 0 saturated carbocycles. The maximum Gasteiger partial charge on any atom is 0.0676 e. The molecule has 1 saturated heterocycles. The monoisotopic (exact) mass is 240 g/mol. The first kappa shape index (κ1) is 10.8. The van der Waals surface area contributed by atoms with E-state index in [1.807, 2.05) is 12.1 Å². The number of rotatable bonds is 1. The second-order valence-electron chi connectivity index (χ2n) is 3.67. The summed E-state index contributed by atoms with van der Waals surface area (Å²) in [5, 5.41) is 13.3. The van der Waals surface area contributed by atoms with Gasteiger partial charge in [-0.3, -0.25) is 0 Å². The second-order valence-corrected chi connectivity index (χ2v) is 4.49. The zero-order chi connectivity index (χ0) is 10.8. The number of hydrogen-bond donors (Lipinski definition) is 1. The minimum absolute atomic E-state index is 0.0299. The van der Waals surface area contributed by atoms with Crippen molar-refractivity contribution < 1.29 is 0 Å². The molecule has 0 spiro atoms. The minimum Gasteiger partial charge on any atom is -0.315 e. The Morgan fingerprint density at radius 3 is 2.73 bits per heavy atom. The molecule has 1 aliphatic heterocycles. The molecule has 1 fully saturated rings. The van der Waals surface area contributed by atoms with Crippen molar-refractivity contribution >= 4 is 23.2 Å². The summed E-state index contributed by atoms with van der Waals surface area (Å²) in [6.07, 6.45) is 0. The van der Waals surface area contributed by atoms with Gasteiger partial charge in [0, 0.05) is 19.0 Å². The molecule has 1 N–H and O–H groups in total. The predicted molar refractivity (Wildman–Crippen MR) is 61.2 cm³/mol. The number of benzene rings is 1. The molecule has 15 heavy (non-hydrogen) atoms. The standard InChI is InChI=1S/C11H10Cl2N2/c12-10-2-1-7(3-11(10)13)9-6-15-5-8(9)4-14/h1-3,8-9,15H,5-6H2/t8-,9-/m1/s1. The number of nitrogens with one attached hydrogen (secondary N) is 1. The lowest BCUT2D eigenvalue weighted by Crippen LogP contribution is -2.08. The molecular weight excluding hydrogens is 231 g/mol. The van der Waals surface area contributed by atoms with Crippen LogP contribution in [0.4, 0.5) is 0 Å². The lowest BCUT2D eigenvalue weighted by molar-refractivity contribution is 0.646. The molecule has 0 aliphatic carbocycles. The van der Waals surface area contributed by atoms with Crippen LogP contribution in [0.5, 0.6) is 0 Å². The van der Waals surface area contributed by atoms with E-state index in [0.717, 1.165) is 18.7 Å². The fourth-order valence-corrected chi connectivity index (χ4v) is 2.21. The van der Waals surface area contributed by atoms with Gasteiger partial charge in [0.25, 0.3) is 0 Å². The molecule has 0 radical (unpaired) electrons. The van der Waals surface area contributed by atoms with Crippen molar-refractivity contribution in [1.82, 2.24) is 5.32 Å². The fourth-order valence-electron chi connectivity index (χ4n) is 1.91. The smallest absolute Gasteiger partial charge is 0.0676 e. The summed E-state index contributed by atoms with van der Waals surface area (Å²) in [5.41, 5.74) is 1.08. The fraction of sp³-hybridized carbons (Fsp3) is 0.364. The van der Waals surface area contributed by atoms with E-state index < -0.39 is 0 Å². The Hall–Kier alpha value is -0.750. The van der Waals surface area contributed by atoms with Crippen LogP contribution in [0.25, 0.3) is 0 Å². The average molecular weight is 241 g/mol. The van der Waals surface area contributed by atoms with Crippen LogP contribution in [-0.2, 0) is 0 Å². The van der Waals surface area contributed by atoms with Crippen LogP contribution >= 0.6 is 23.2 Å². The first-order valence-electron chi connectivity index (χ1n) is 4.77. The van der Waals surface area contributed by atoms with E-state index in [2.05, 4.69) is 11.4 Å². The van der Waals surface area contributed by atoms with Crippen LogP contribution in [0.1, 0.15) is 11.5 Å². The Morgan fingerprint density at radius 2 is 2.07 bits per heavy atom. The maximum atomic E-state index is 8.97. The molecule has 1 aromatic rings. The van der Waals surface area contributed by atoms with Crippen molar-refractivity contribution in [1.29, 1.82) is 5.26 Å². The van der Waals surface area contributed by atoms with Crippen LogP contribution < -0.4 is 5.32 Å². The van der Waals surface area contributed by atoms with Gasteiger partial charge < -0.3 is 5.32 Å². The summed E-state index contributed by atoms with van der Waals surface area (Å²) >= 11 is 11.8. The Labute approximate surface area is 98.8 Å². The number of nitriles is 1. The van der Waals surface area contributed by atoms with Gasteiger partial charge in [-0.05, 0) is 17.7 Å². The molecule has 1 aliphatic rings. The van der Waals surface area contributed by atoms with Gasteiger partial charge in [0.2, 0.25) is 0 Å². The van der Waals surface area contributed by atoms with E-state index in [1.165, 1.54) is 0 Å². The van der Waals surface area contributed by atoms with Crippen LogP contribution in [-0.4, -0.2) is 13.1 Å². The molecule has 0 unspecified atom stereocenters. The third kappa shape index (κ3) is 2.10. The molecule has 2 nitrogen and oxygen atoms in total. The van der Waals surface area contributed by atoms with E-state index >= 15 is 0 Å². The largest absolute Gasteiger partial charge is 0.315 e. The Morgan fingerprint density at radius 1 is 1.27 bits per heavy atom. The Kier molecular flexibility index (Phi) is 3.16. The highest BCUT2D eigenvalue weighted by Gasteiger charge is 2.28. The number of hydrogen-bond acceptors (Lipinski definition) is 2. The highest BCUT2D eigenvalue weighted by atomic mass is 35.5. The normalized spacial score (nSPS) is 25.1. The van der Waals surface area contributed by atoms with Gasteiger partial charge in [0.1, 0.15) is 0 Å². The molecule has 2 atom stereocenters. The second kappa shape index (κ2) is 4.40. The van der Waals surface area contributed by atoms with E-state index in [1.54, 1.807) is 6.07 Å². The summed E-state index contributed by atoms with van der Waals surface area (Å²) < 4.78 is 0. The van der Waals surface area contributed by atoms with E-state index in [4.69, 9.17) is 28.5 Å². The van der Waals surface area contributed by atoms with Crippen molar-refractivity contribution in [3.63, 3.8) is 0 Å². The lowest BCUT2D eigenvalue weighted by atomic mass is 9.90. The van der Waals surface area contributed by atoms with Crippen molar-refractivity contribution in [3.05, 3.63) is 33.8 Å². The van der Waals surface area contributed by atoms with Gasteiger partial charge in [-0.2, -0.15) is 5.26 Å². The zero-order valence-electron chi connectivity index (χ0n) is 8.00. The van der Waals surface area contributed by atoms with E-state index in [-0.39, 0.29) is 11.8 Å². The van der Waals surface area contributed by atoms with Gasteiger partial charge in [-0.25, -0.2) is 0 Å². The van der Waals surface area contributed by atoms with Crippen LogP contribution in [0.15, 0.2) is 18.2 Å². The van der Waals surface area contributed by atoms with Crippen LogP contribution in [0.3, 0.4) is 0 Å². The highest BCUT2D eigenvalue weighted by Crippen LogP contribution is 2.31. The topological polar surface area (TPSA) is 35.8 Å². The van der Waals surface area contributed by atoms with Crippen molar-refractivity contribution in [3.8, 4) is 6.07 Å². The average Bonchev–Trinajstić information content (AvgIpc) is 2.70. The van der Waals surface area contributed by atoms with Crippen molar-refractivity contribution in [2.75, 3.05) is 13.1 Å². The van der Waals surface area contributed by atoms with E-state index in [0.29, 0.717) is 10.0 Å². The van der Waals surface area contributed by atoms with Gasteiger partial charge in [-0.15, -0.1) is 0 Å². The SMILES string of the molecule is N#C[C@@H]1CNC[C@@H]1c1ccc(Cl)c(Cl)c1. The number of nitrogens with zero attached hydrogens (tertiary/aromatic N) is 1. The molecule has 1 aromatic carbocycles. The van der Waals surface area contributed by atoms with Gasteiger partial charge >= 0.3 is 0 Å². The van der Waals surface area contributed by atoms with Crippen LogP contribution in [0.2, 0.25) is 10.0 Å². The molecule has 0 bridgehead atoms. The predicted octanol–water partition coefficient (Wildman–Crippen LogP) is 2.82. The first-order valence-corrected chi connectivity index (χ1v) is 5.53. The Bertz CT molecular complexity index is 412. The summed E-state index contributed by atoms with van der Waals surface area (Å²) in [5.74, 6) is 0.256. The van der Waals surface area contributed by atoms with Gasteiger partial charge in [0.05, 0.1) is 22.0 Å². The van der Waals surface area contributed by atoms with Gasteiger partial charge in [-0.1, -0.05) is 29.3 Å².